The maximum atomic E-state index is 13.5. The fraction of sp³-hybridized carbons (Fsp3) is 0.414. The van der Waals surface area contributed by atoms with Crippen LogP contribution in [0, 0.1) is 5.82 Å². The van der Waals surface area contributed by atoms with Crippen LogP contribution >= 0.6 is 0 Å². The lowest BCUT2D eigenvalue weighted by Gasteiger charge is -2.40. The van der Waals surface area contributed by atoms with Gasteiger partial charge in [0.2, 0.25) is 0 Å². The number of fused-ring (bicyclic) bond motifs is 1. The van der Waals surface area contributed by atoms with Crippen LogP contribution in [0.5, 0.6) is 5.75 Å². The standard InChI is InChI=1S/C29H36FNO5Si/c1-37(2,3)17-16-34-20-36-28-23(9-8-21-6-4-5-7-26(21)28)19-35-27-18-31(29(32)33)15-14-25(27)22-10-12-24(30)13-11-22/h4-13,25,27H,14-20H2,1-3H3,(H,32,33)/p-1. The largest absolute Gasteiger partial charge is 0.530 e. The zero-order valence-electron chi connectivity index (χ0n) is 21.7. The van der Waals surface area contributed by atoms with Crippen molar-refractivity contribution in [1.29, 1.82) is 0 Å². The second kappa shape index (κ2) is 12.1. The Bertz CT molecular complexity index is 1200. The molecule has 6 nitrogen and oxygen atoms in total. The quantitative estimate of drug-likeness (QED) is 0.202. The minimum Gasteiger partial charge on any atom is -0.530 e. The van der Waals surface area contributed by atoms with Crippen LogP contribution in [-0.2, 0) is 16.1 Å². The number of likely N-dealkylation sites (tertiary alicyclic amines) is 1. The highest BCUT2D eigenvalue weighted by Crippen LogP contribution is 2.34. The van der Waals surface area contributed by atoms with Crippen molar-refractivity contribution in [2.24, 2.45) is 0 Å². The van der Waals surface area contributed by atoms with Gasteiger partial charge in [-0.2, -0.15) is 0 Å². The second-order valence-corrected chi connectivity index (χ2v) is 16.4. The maximum absolute atomic E-state index is 13.5. The Morgan fingerprint density at radius 2 is 1.84 bits per heavy atom. The van der Waals surface area contributed by atoms with Crippen molar-refractivity contribution in [3.8, 4) is 5.75 Å². The van der Waals surface area contributed by atoms with E-state index < -0.39 is 20.3 Å². The summed E-state index contributed by atoms with van der Waals surface area (Å²) in [5.74, 6) is 0.335. The number of ether oxygens (including phenoxy) is 3. The lowest BCUT2D eigenvalue weighted by molar-refractivity contribution is -0.268. The van der Waals surface area contributed by atoms with Crippen molar-refractivity contribution >= 4 is 24.9 Å². The van der Waals surface area contributed by atoms with E-state index in [1.807, 2.05) is 36.4 Å². The number of piperidine rings is 1. The molecule has 0 bridgehead atoms. The number of hydrogen-bond acceptors (Lipinski definition) is 5. The first-order valence-corrected chi connectivity index (χ1v) is 16.5. The van der Waals surface area contributed by atoms with Crippen LogP contribution in [0.15, 0.2) is 60.7 Å². The van der Waals surface area contributed by atoms with E-state index in [2.05, 4.69) is 19.6 Å². The zero-order chi connectivity index (χ0) is 26.4. The van der Waals surface area contributed by atoms with Crippen molar-refractivity contribution in [3.05, 3.63) is 77.6 Å². The molecule has 0 spiro atoms. The molecule has 0 aliphatic carbocycles. The van der Waals surface area contributed by atoms with Crippen LogP contribution in [0.25, 0.3) is 10.8 Å². The minimum atomic E-state index is -1.21. The summed E-state index contributed by atoms with van der Waals surface area (Å²) in [6.45, 7) is 8.50. The van der Waals surface area contributed by atoms with Crippen LogP contribution < -0.4 is 9.84 Å². The first-order chi connectivity index (χ1) is 17.7. The zero-order valence-corrected chi connectivity index (χ0v) is 22.7. The highest BCUT2D eigenvalue weighted by atomic mass is 28.3. The van der Waals surface area contributed by atoms with E-state index in [1.165, 1.54) is 17.0 Å². The average molecular weight is 525 g/mol. The Balaban J connectivity index is 1.52. The molecule has 1 saturated heterocycles. The van der Waals surface area contributed by atoms with Gasteiger partial charge in [0.1, 0.15) is 17.7 Å². The highest BCUT2D eigenvalue weighted by molar-refractivity contribution is 6.76. The summed E-state index contributed by atoms with van der Waals surface area (Å²) in [4.78, 5) is 12.8. The number of halogens is 1. The fourth-order valence-corrected chi connectivity index (χ4v) is 5.41. The Hall–Kier alpha value is -2.94. The van der Waals surface area contributed by atoms with Crippen LogP contribution in [0.1, 0.15) is 23.5 Å². The normalized spacial score (nSPS) is 18.2. The topological polar surface area (TPSA) is 71.1 Å². The lowest BCUT2D eigenvalue weighted by atomic mass is 9.87. The summed E-state index contributed by atoms with van der Waals surface area (Å²) in [5, 5.41) is 13.6. The summed E-state index contributed by atoms with van der Waals surface area (Å²) in [6, 6.07) is 19.4. The van der Waals surface area contributed by atoms with Gasteiger partial charge in [-0.15, -0.1) is 0 Å². The Labute approximate surface area is 219 Å². The first kappa shape index (κ1) is 27.1. The number of rotatable bonds is 10. The van der Waals surface area contributed by atoms with Crippen molar-refractivity contribution in [1.82, 2.24) is 4.90 Å². The van der Waals surface area contributed by atoms with Crippen LogP contribution in [0.4, 0.5) is 9.18 Å². The SMILES string of the molecule is C[Si](C)(C)CCOCOc1c(COC2CN(C(=O)[O-])CCC2c2ccc(F)cc2)ccc2ccccc12. The molecule has 0 radical (unpaired) electrons. The third-order valence-corrected chi connectivity index (χ3v) is 8.52. The van der Waals surface area contributed by atoms with Gasteiger partial charge in [0, 0.05) is 44.6 Å². The number of carbonyl (C=O) groups is 1. The predicted octanol–water partition coefficient (Wildman–Crippen LogP) is 5.39. The van der Waals surface area contributed by atoms with E-state index >= 15 is 0 Å². The smallest absolute Gasteiger partial charge is 0.189 e. The third-order valence-electron chi connectivity index (χ3n) is 6.81. The lowest BCUT2D eigenvalue weighted by Crippen LogP contribution is -2.51. The van der Waals surface area contributed by atoms with Gasteiger partial charge in [-0.1, -0.05) is 68.2 Å². The molecule has 1 heterocycles. The van der Waals surface area contributed by atoms with Crippen LogP contribution in [0.3, 0.4) is 0 Å². The molecule has 1 aliphatic heterocycles. The number of hydrogen-bond donors (Lipinski definition) is 0. The molecule has 4 rings (SSSR count). The first-order valence-electron chi connectivity index (χ1n) is 12.8. The van der Waals surface area contributed by atoms with Crippen molar-refractivity contribution in [2.75, 3.05) is 26.5 Å². The molecule has 8 heteroatoms. The number of nitrogens with zero attached hydrogens (tertiary/aromatic N) is 1. The molecule has 3 aromatic rings. The number of amides is 1. The van der Waals surface area contributed by atoms with Crippen LogP contribution in [0.2, 0.25) is 25.7 Å². The molecular formula is C29H35FNO5Si-. The predicted molar refractivity (Wildman–Crippen MR) is 143 cm³/mol. The van der Waals surface area contributed by atoms with Gasteiger partial charge in [-0.05, 0) is 35.5 Å². The van der Waals surface area contributed by atoms with Gasteiger partial charge in [-0.25, -0.2) is 4.39 Å². The van der Waals surface area contributed by atoms with E-state index in [9.17, 15) is 14.3 Å². The van der Waals surface area contributed by atoms with E-state index in [1.54, 1.807) is 12.1 Å². The monoisotopic (exact) mass is 524 g/mol. The summed E-state index contributed by atoms with van der Waals surface area (Å²) < 4.78 is 31.8. The molecule has 198 valence electrons. The fourth-order valence-electron chi connectivity index (χ4n) is 4.65. The number of carbonyl (C=O) groups excluding carboxylic acids is 1. The molecule has 0 N–H and O–H groups in total. The van der Waals surface area contributed by atoms with Crippen molar-refractivity contribution in [2.45, 2.75) is 50.7 Å². The molecule has 1 fully saturated rings. The molecule has 1 aliphatic rings. The third kappa shape index (κ3) is 7.31. The molecule has 0 saturated carbocycles. The summed E-state index contributed by atoms with van der Waals surface area (Å²) >= 11 is 0. The van der Waals surface area contributed by atoms with Crippen molar-refractivity contribution in [3.63, 3.8) is 0 Å². The molecule has 1 amide bonds. The van der Waals surface area contributed by atoms with Gasteiger partial charge in [0.05, 0.1) is 12.7 Å². The van der Waals surface area contributed by atoms with E-state index in [-0.39, 0.29) is 31.7 Å². The number of carboxylic acid groups (broad SMARTS) is 1. The molecular weight excluding hydrogens is 489 g/mol. The molecule has 2 unspecified atom stereocenters. The molecule has 0 aromatic heterocycles. The molecule has 37 heavy (non-hydrogen) atoms. The average Bonchev–Trinajstić information content (AvgIpc) is 2.87. The Kier molecular flexibility index (Phi) is 8.84. The van der Waals surface area contributed by atoms with E-state index in [0.29, 0.717) is 25.3 Å². The summed E-state index contributed by atoms with van der Waals surface area (Å²) in [5.41, 5.74) is 1.78. The van der Waals surface area contributed by atoms with Gasteiger partial charge >= 0.3 is 0 Å². The van der Waals surface area contributed by atoms with Gasteiger partial charge in [0.25, 0.3) is 0 Å². The minimum absolute atomic E-state index is 0.0640. The van der Waals surface area contributed by atoms with Gasteiger partial charge in [0.15, 0.2) is 6.79 Å². The second-order valence-electron chi connectivity index (χ2n) is 10.8. The summed E-state index contributed by atoms with van der Waals surface area (Å²) in [6.07, 6.45) is -1.06. The Morgan fingerprint density at radius 1 is 1.08 bits per heavy atom. The van der Waals surface area contributed by atoms with Gasteiger partial charge < -0.3 is 29.0 Å². The molecule has 2 atom stereocenters. The van der Waals surface area contributed by atoms with Gasteiger partial charge in [-0.3, -0.25) is 0 Å². The van der Waals surface area contributed by atoms with Crippen molar-refractivity contribution < 1.29 is 28.5 Å². The van der Waals surface area contributed by atoms with E-state index in [0.717, 1.165) is 27.9 Å². The molecule has 3 aromatic carbocycles. The highest BCUT2D eigenvalue weighted by Gasteiger charge is 2.31. The summed E-state index contributed by atoms with van der Waals surface area (Å²) in [7, 11) is -1.20. The maximum Gasteiger partial charge on any atom is 0.189 e. The van der Waals surface area contributed by atoms with E-state index in [4.69, 9.17) is 14.2 Å². The Morgan fingerprint density at radius 3 is 2.57 bits per heavy atom. The number of benzene rings is 3. The van der Waals surface area contributed by atoms with Crippen LogP contribution in [-0.4, -0.2) is 51.7 Å².